The minimum Gasteiger partial charge on any atom is -0.348 e. The number of nitrogens with one attached hydrogen (secondary N) is 1. The summed E-state index contributed by atoms with van der Waals surface area (Å²) in [6.07, 6.45) is 4.71. The van der Waals surface area contributed by atoms with Gasteiger partial charge in [-0.2, -0.15) is 0 Å². The van der Waals surface area contributed by atoms with Crippen molar-refractivity contribution >= 4 is 23.0 Å². The van der Waals surface area contributed by atoms with Gasteiger partial charge in [-0.25, -0.2) is 0 Å². The smallest absolute Gasteiger partial charge is 0.261 e. The number of amides is 1. The van der Waals surface area contributed by atoms with Crippen LogP contribution in [0, 0.1) is 5.92 Å². The van der Waals surface area contributed by atoms with Crippen molar-refractivity contribution in [3.8, 4) is 0 Å². The third-order valence-electron chi connectivity index (χ3n) is 3.60. The van der Waals surface area contributed by atoms with Gasteiger partial charge in [0.15, 0.2) is 5.78 Å². The normalized spacial score (nSPS) is 23.7. The molecule has 0 bridgehead atoms. The minimum absolute atomic E-state index is 0.0186. The summed E-state index contributed by atoms with van der Waals surface area (Å²) in [6, 6.07) is 3.75. The number of hydrogen-bond acceptors (Lipinski definition) is 3. The van der Waals surface area contributed by atoms with Gasteiger partial charge in [0.05, 0.1) is 9.75 Å². The van der Waals surface area contributed by atoms with Crippen LogP contribution in [0.1, 0.15) is 58.9 Å². The van der Waals surface area contributed by atoms with Crippen LogP contribution in [-0.2, 0) is 0 Å². The minimum atomic E-state index is -0.0359. The van der Waals surface area contributed by atoms with Crippen LogP contribution in [0.3, 0.4) is 0 Å². The van der Waals surface area contributed by atoms with Crippen molar-refractivity contribution in [3.63, 3.8) is 0 Å². The number of rotatable bonds is 3. The molecule has 1 aliphatic rings. The lowest BCUT2D eigenvalue weighted by Crippen LogP contribution is -2.40. The second-order valence-electron chi connectivity index (χ2n) is 5.06. The predicted molar refractivity (Wildman–Crippen MR) is 73.2 cm³/mol. The maximum Gasteiger partial charge on any atom is 0.261 e. The highest BCUT2D eigenvalue weighted by molar-refractivity contribution is 7.15. The molecule has 1 fully saturated rings. The van der Waals surface area contributed by atoms with Crippen LogP contribution in [0.25, 0.3) is 0 Å². The molecule has 98 valence electrons. The summed E-state index contributed by atoms with van der Waals surface area (Å²) in [5.41, 5.74) is 0. The molecular weight excluding hydrogens is 246 g/mol. The molecule has 0 aromatic carbocycles. The zero-order valence-electron chi connectivity index (χ0n) is 10.9. The van der Waals surface area contributed by atoms with Gasteiger partial charge in [0.2, 0.25) is 0 Å². The number of thiophene rings is 1. The molecular formula is C14H19NO2S. The topological polar surface area (TPSA) is 46.2 Å². The second-order valence-corrected chi connectivity index (χ2v) is 6.15. The third-order valence-corrected chi connectivity index (χ3v) is 4.79. The van der Waals surface area contributed by atoms with E-state index in [1.165, 1.54) is 37.5 Å². The Kier molecular flexibility index (Phi) is 4.17. The molecule has 1 aromatic heterocycles. The lowest BCUT2D eigenvalue weighted by molar-refractivity contribution is 0.0914. The van der Waals surface area contributed by atoms with E-state index in [1.807, 2.05) is 0 Å². The molecule has 3 nitrogen and oxygen atoms in total. The first-order chi connectivity index (χ1) is 8.58. The first-order valence-corrected chi connectivity index (χ1v) is 7.31. The maximum absolute atomic E-state index is 12.1. The lowest BCUT2D eigenvalue weighted by atomic mass is 9.86. The first-order valence-electron chi connectivity index (χ1n) is 6.49. The Morgan fingerprint density at radius 2 is 1.89 bits per heavy atom. The van der Waals surface area contributed by atoms with Gasteiger partial charge in [-0.05, 0) is 37.8 Å². The van der Waals surface area contributed by atoms with Gasteiger partial charge in [0, 0.05) is 6.04 Å². The van der Waals surface area contributed by atoms with Gasteiger partial charge in [-0.15, -0.1) is 11.3 Å². The summed E-state index contributed by atoms with van der Waals surface area (Å²) in [5, 5.41) is 3.10. The predicted octanol–water partition coefficient (Wildman–Crippen LogP) is 3.26. The molecule has 2 rings (SSSR count). The Morgan fingerprint density at radius 3 is 2.50 bits per heavy atom. The molecule has 0 spiro atoms. The Balaban J connectivity index is 2.00. The Labute approximate surface area is 112 Å². The number of hydrogen-bond donors (Lipinski definition) is 1. The number of carbonyl (C=O) groups excluding carboxylic acids is 2. The van der Waals surface area contributed by atoms with Crippen LogP contribution in [0.15, 0.2) is 12.1 Å². The van der Waals surface area contributed by atoms with Crippen LogP contribution < -0.4 is 5.32 Å². The Bertz CT molecular complexity index is 452. The van der Waals surface area contributed by atoms with Gasteiger partial charge in [0.1, 0.15) is 0 Å². The fourth-order valence-corrected chi connectivity index (χ4v) is 3.22. The lowest BCUT2D eigenvalue weighted by Gasteiger charge is -2.29. The van der Waals surface area contributed by atoms with E-state index >= 15 is 0 Å². The summed E-state index contributed by atoms with van der Waals surface area (Å²) in [7, 11) is 0. The van der Waals surface area contributed by atoms with Crippen LogP contribution in [-0.4, -0.2) is 17.7 Å². The van der Waals surface area contributed by atoms with Crippen molar-refractivity contribution < 1.29 is 9.59 Å². The van der Waals surface area contributed by atoms with Crippen LogP contribution >= 0.6 is 11.3 Å². The second kappa shape index (κ2) is 5.65. The van der Waals surface area contributed by atoms with E-state index in [9.17, 15) is 9.59 Å². The molecule has 0 radical (unpaired) electrons. The standard InChI is InChI=1S/C14H19NO2S/c1-9-5-3-4-6-11(9)15-14(17)13-8-7-12(18-13)10(2)16/h7-9,11H,3-6H2,1-2H3,(H,15,17)/t9-,11-/m0/s1. The van der Waals surface area contributed by atoms with Crippen molar-refractivity contribution in [1.29, 1.82) is 0 Å². The fraction of sp³-hybridized carbons (Fsp3) is 0.571. The average Bonchev–Trinajstić information content (AvgIpc) is 2.81. The molecule has 1 amide bonds. The van der Waals surface area contributed by atoms with E-state index in [4.69, 9.17) is 0 Å². The van der Waals surface area contributed by atoms with Crippen LogP contribution in [0.2, 0.25) is 0 Å². The highest BCUT2D eigenvalue weighted by Gasteiger charge is 2.23. The molecule has 0 unspecified atom stereocenters. The van der Waals surface area contributed by atoms with E-state index in [0.29, 0.717) is 15.7 Å². The molecule has 1 saturated carbocycles. The molecule has 4 heteroatoms. The molecule has 1 aliphatic carbocycles. The van der Waals surface area contributed by atoms with Crippen molar-refractivity contribution in [2.24, 2.45) is 5.92 Å². The van der Waals surface area contributed by atoms with E-state index in [0.717, 1.165) is 6.42 Å². The molecule has 1 aromatic rings. The summed E-state index contributed by atoms with van der Waals surface area (Å²) in [4.78, 5) is 24.6. The number of Topliss-reactive ketones (excluding diaryl/α,β-unsaturated/α-hetero) is 1. The molecule has 0 aliphatic heterocycles. The van der Waals surface area contributed by atoms with Crippen molar-refractivity contribution in [1.82, 2.24) is 5.32 Å². The highest BCUT2D eigenvalue weighted by Crippen LogP contribution is 2.24. The van der Waals surface area contributed by atoms with Gasteiger partial charge < -0.3 is 5.32 Å². The van der Waals surface area contributed by atoms with Crippen molar-refractivity contribution in [2.75, 3.05) is 0 Å². The molecule has 1 N–H and O–H groups in total. The van der Waals surface area contributed by atoms with Gasteiger partial charge in [-0.3, -0.25) is 9.59 Å². The van der Waals surface area contributed by atoms with E-state index in [2.05, 4.69) is 12.2 Å². The monoisotopic (exact) mass is 265 g/mol. The molecule has 2 atom stereocenters. The van der Waals surface area contributed by atoms with Gasteiger partial charge in [0.25, 0.3) is 5.91 Å². The van der Waals surface area contributed by atoms with Gasteiger partial charge in [-0.1, -0.05) is 19.8 Å². The van der Waals surface area contributed by atoms with Crippen LogP contribution in [0.4, 0.5) is 0 Å². The molecule has 18 heavy (non-hydrogen) atoms. The molecule has 0 saturated heterocycles. The SMILES string of the molecule is CC(=O)c1ccc(C(=O)N[C@H]2CCCC[C@@H]2C)s1. The van der Waals surface area contributed by atoms with E-state index in [1.54, 1.807) is 12.1 Å². The summed E-state index contributed by atoms with van der Waals surface area (Å²) in [6.45, 7) is 3.72. The zero-order valence-corrected chi connectivity index (χ0v) is 11.7. The first kappa shape index (κ1) is 13.3. The Hall–Kier alpha value is -1.16. The number of ketones is 1. The third kappa shape index (κ3) is 2.99. The molecule has 1 heterocycles. The quantitative estimate of drug-likeness (QED) is 0.853. The summed E-state index contributed by atoms with van der Waals surface area (Å²) >= 11 is 1.28. The largest absolute Gasteiger partial charge is 0.348 e. The summed E-state index contributed by atoms with van der Waals surface area (Å²) in [5.74, 6) is 0.534. The van der Waals surface area contributed by atoms with Crippen molar-refractivity contribution in [3.05, 3.63) is 21.9 Å². The maximum atomic E-state index is 12.1. The zero-order chi connectivity index (χ0) is 13.1. The van der Waals surface area contributed by atoms with E-state index < -0.39 is 0 Å². The fourth-order valence-electron chi connectivity index (χ4n) is 2.42. The highest BCUT2D eigenvalue weighted by atomic mass is 32.1. The Morgan fingerprint density at radius 1 is 1.22 bits per heavy atom. The average molecular weight is 265 g/mol. The number of carbonyl (C=O) groups is 2. The van der Waals surface area contributed by atoms with E-state index in [-0.39, 0.29) is 17.7 Å². The van der Waals surface area contributed by atoms with Crippen molar-refractivity contribution in [2.45, 2.75) is 45.6 Å². The van der Waals surface area contributed by atoms with Crippen LogP contribution in [0.5, 0.6) is 0 Å². The van der Waals surface area contributed by atoms with Gasteiger partial charge >= 0.3 is 0 Å². The summed E-state index contributed by atoms with van der Waals surface area (Å²) < 4.78 is 0.